The molecule has 7 nitrogen and oxygen atoms in total. The van der Waals surface area contributed by atoms with Gasteiger partial charge in [0.05, 0.1) is 23.3 Å². The van der Waals surface area contributed by atoms with Crippen molar-refractivity contribution in [2.45, 2.75) is 6.92 Å². The smallest absolute Gasteiger partial charge is 0.221 e. The quantitative estimate of drug-likeness (QED) is 0.598. The van der Waals surface area contributed by atoms with Gasteiger partial charge in [-0.1, -0.05) is 18.2 Å². The monoisotopic (exact) mass is 371 g/mol. The van der Waals surface area contributed by atoms with E-state index in [1.165, 1.54) is 13.0 Å². The van der Waals surface area contributed by atoms with Crippen LogP contribution in [0.3, 0.4) is 0 Å². The number of carbonyl (C=O) groups excluding carboxylic acids is 1. The van der Waals surface area contributed by atoms with Crippen molar-refractivity contribution in [2.24, 2.45) is 0 Å². The Bertz CT molecular complexity index is 1180. The number of rotatable bonds is 4. The van der Waals surface area contributed by atoms with Crippen molar-refractivity contribution in [1.29, 1.82) is 0 Å². The molecule has 2 aromatic carbocycles. The zero-order valence-electron chi connectivity index (χ0n) is 15.1. The number of carbonyl (C=O) groups is 1. The number of hydrogen-bond donors (Lipinski definition) is 1. The third kappa shape index (κ3) is 3.45. The van der Waals surface area contributed by atoms with E-state index in [1.807, 2.05) is 42.5 Å². The summed E-state index contributed by atoms with van der Waals surface area (Å²) in [6.07, 6.45) is 3.26. The van der Waals surface area contributed by atoms with E-state index in [0.717, 1.165) is 11.4 Å². The van der Waals surface area contributed by atoms with E-state index in [9.17, 15) is 9.59 Å². The fourth-order valence-corrected chi connectivity index (χ4v) is 2.89. The average molecular weight is 371 g/mol. The van der Waals surface area contributed by atoms with Gasteiger partial charge in [0.25, 0.3) is 0 Å². The van der Waals surface area contributed by atoms with Gasteiger partial charge in [-0.2, -0.15) is 10.2 Å². The molecule has 2 heterocycles. The Morgan fingerprint density at radius 2 is 1.68 bits per heavy atom. The fourth-order valence-electron chi connectivity index (χ4n) is 2.89. The predicted molar refractivity (Wildman–Crippen MR) is 107 cm³/mol. The number of hydrogen-bond acceptors (Lipinski definition) is 4. The number of benzene rings is 2. The van der Waals surface area contributed by atoms with Gasteiger partial charge in [-0.05, 0) is 42.5 Å². The molecule has 0 atom stereocenters. The highest BCUT2D eigenvalue weighted by atomic mass is 16.1. The standard InChI is InChI=1S/C21H17N5O2/c1-15(27)23-16-7-9-17(10-8-16)25-14-12-20(28)21(24-25)19-11-13-22-26(19)18-5-3-2-4-6-18/h2-14H,1H3,(H,23,27). The molecular formula is C21H17N5O2. The fraction of sp³-hybridized carbons (Fsp3) is 0.0476. The summed E-state index contributed by atoms with van der Waals surface area (Å²) in [5.74, 6) is -0.134. The molecule has 0 fully saturated rings. The molecule has 0 aliphatic rings. The van der Waals surface area contributed by atoms with Gasteiger partial charge >= 0.3 is 0 Å². The molecule has 0 bridgehead atoms. The molecule has 0 radical (unpaired) electrons. The highest BCUT2D eigenvalue weighted by Gasteiger charge is 2.13. The van der Waals surface area contributed by atoms with Crippen molar-refractivity contribution in [2.75, 3.05) is 5.32 Å². The van der Waals surface area contributed by atoms with Crippen LogP contribution in [0.15, 0.2) is 83.9 Å². The summed E-state index contributed by atoms with van der Waals surface area (Å²) in [7, 11) is 0. The summed E-state index contributed by atoms with van der Waals surface area (Å²) in [6, 6.07) is 20.0. The molecule has 4 aromatic rings. The lowest BCUT2D eigenvalue weighted by Crippen LogP contribution is -2.14. The zero-order valence-corrected chi connectivity index (χ0v) is 15.1. The molecular weight excluding hydrogens is 354 g/mol. The first kappa shape index (κ1) is 17.4. The third-order valence-electron chi connectivity index (χ3n) is 4.15. The summed E-state index contributed by atoms with van der Waals surface area (Å²) in [5.41, 5.74) is 3.03. The van der Waals surface area contributed by atoms with Crippen LogP contribution in [0.5, 0.6) is 0 Å². The Balaban J connectivity index is 1.74. The molecule has 0 saturated heterocycles. The normalized spacial score (nSPS) is 10.6. The number of nitrogens with one attached hydrogen (secondary N) is 1. The Morgan fingerprint density at radius 3 is 2.39 bits per heavy atom. The van der Waals surface area contributed by atoms with Crippen molar-refractivity contribution in [3.8, 4) is 22.8 Å². The van der Waals surface area contributed by atoms with Crippen LogP contribution in [0, 0.1) is 0 Å². The number of amides is 1. The lowest BCUT2D eigenvalue weighted by atomic mass is 10.2. The van der Waals surface area contributed by atoms with E-state index < -0.39 is 0 Å². The first-order chi connectivity index (χ1) is 13.6. The molecule has 0 unspecified atom stereocenters. The minimum atomic E-state index is -0.191. The molecule has 28 heavy (non-hydrogen) atoms. The topological polar surface area (TPSA) is 81.8 Å². The molecule has 0 saturated carbocycles. The van der Waals surface area contributed by atoms with Gasteiger partial charge in [0.15, 0.2) is 5.69 Å². The highest BCUT2D eigenvalue weighted by molar-refractivity contribution is 5.88. The van der Waals surface area contributed by atoms with Crippen molar-refractivity contribution in [3.63, 3.8) is 0 Å². The second-order valence-corrected chi connectivity index (χ2v) is 6.17. The molecule has 4 rings (SSSR count). The number of aromatic nitrogens is 4. The van der Waals surface area contributed by atoms with Crippen molar-refractivity contribution < 1.29 is 4.79 Å². The number of para-hydroxylation sites is 1. The Kier molecular flexibility index (Phi) is 4.55. The van der Waals surface area contributed by atoms with Crippen molar-refractivity contribution in [1.82, 2.24) is 19.6 Å². The largest absolute Gasteiger partial charge is 0.326 e. The second-order valence-electron chi connectivity index (χ2n) is 6.17. The van der Waals surface area contributed by atoms with Crippen LogP contribution in [0.1, 0.15) is 6.92 Å². The first-order valence-corrected chi connectivity index (χ1v) is 8.70. The average Bonchev–Trinajstić information content (AvgIpc) is 3.19. The van der Waals surface area contributed by atoms with Crippen LogP contribution in [-0.2, 0) is 4.79 Å². The maximum atomic E-state index is 12.5. The molecule has 0 aliphatic carbocycles. The molecule has 1 amide bonds. The predicted octanol–water partition coefficient (Wildman–Crippen LogP) is 3.04. The Hall–Kier alpha value is -4.00. The minimum Gasteiger partial charge on any atom is -0.326 e. The Labute approximate surface area is 160 Å². The van der Waals surface area contributed by atoms with E-state index in [0.29, 0.717) is 17.1 Å². The summed E-state index contributed by atoms with van der Waals surface area (Å²) >= 11 is 0. The molecule has 7 heteroatoms. The van der Waals surface area contributed by atoms with Crippen LogP contribution in [0.2, 0.25) is 0 Å². The molecule has 0 aliphatic heterocycles. The molecule has 138 valence electrons. The highest BCUT2D eigenvalue weighted by Crippen LogP contribution is 2.19. The van der Waals surface area contributed by atoms with E-state index in [-0.39, 0.29) is 11.3 Å². The van der Waals surface area contributed by atoms with Crippen LogP contribution >= 0.6 is 0 Å². The van der Waals surface area contributed by atoms with Gasteiger partial charge in [0.2, 0.25) is 11.3 Å². The van der Waals surface area contributed by atoms with E-state index in [4.69, 9.17) is 0 Å². The van der Waals surface area contributed by atoms with Gasteiger partial charge < -0.3 is 5.32 Å². The van der Waals surface area contributed by atoms with Crippen molar-refractivity contribution >= 4 is 11.6 Å². The Morgan fingerprint density at radius 1 is 0.929 bits per heavy atom. The van der Waals surface area contributed by atoms with Gasteiger partial charge in [0.1, 0.15) is 0 Å². The second kappa shape index (κ2) is 7.32. The lowest BCUT2D eigenvalue weighted by Gasteiger charge is -2.10. The SMILES string of the molecule is CC(=O)Nc1ccc(-n2ccc(=O)c(-c3ccnn3-c3ccccc3)n2)cc1. The third-order valence-corrected chi connectivity index (χ3v) is 4.15. The maximum Gasteiger partial charge on any atom is 0.221 e. The summed E-state index contributed by atoms with van der Waals surface area (Å²) in [5, 5.41) is 11.6. The van der Waals surface area contributed by atoms with Crippen LogP contribution < -0.4 is 10.7 Å². The van der Waals surface area contributed by atoms with E-state index in [2.05, 4.69) is 15.5 Å². The van der Waals surface area contributed by atoms with Gasteiger partial charge in [0, 0.05) is 24.9 Å². The van der Waals surface area contributed by atoms with Crippen LogP contribution in [-0.4, -0.2) is 25.5 Å². The van der Waals surface area contributed by atoms with Gasteiger partial charge in [-0.15, -0.1) is 0 Å². The maximum absolute atomic E-state index is 12.5. The van der Waals surface area contributed by atoms with Crippen LogP contribution in [0.25, 0.3) is 22.8 Å². The van der Waals surface area contributed by atoms with E-state index >= 15 is 0 Å². The summed E-state index contributed by atoms with van der Waals surface area (Å²) < 4.78 is 3.31. The zero-order chi connectivity index (χ0) is 19.5. The summed E-state index contributed by atoms with van der Waals surface area (Å²) in [6.45, 7) is 1.46. The molecule has 0 spiro atoms. The van der Waals surface area contributed by atoms with Crippen LogP contribution in [0.4, 0.5) is 5.69 Å². The van der Waals surface area contributed by atoms with E-state index in [1.54, 1.807) is 40.0 Å². The lowest BCUT2D eigenvalue weighted by molar-refractivity contribution is -0.114. The summed E-state index contributed by atoms with van der Waals surface area (Å²) in [4.78, 5) is 23.7. The van der Waals surface area contributed by atoms with Gasteiger partial charge in [-0.3, -0.25) is 9.59 Å². The van der Waals surface area contributed by atoms with Gasteiger partial charge in [-0.25, -0.2) is 9.36 Å². The molecule has 1 N–H and O–H groups in total. The minimum absolute atomic E-state index is 0.134. The number of nitrogens with zero attached hydrogens (tertiary/aromatic N) is 4. The first-order valence-electron chi connectivity index (χ1n) is 8.70. The molecule has 2 aromatic heterocycles. The van der Waals surface area contributed by atoms with Crippen molar-refractivity contribution in [3.05, 3.63) is 89.3 Å². The number of anilines is 1.